The average molecular weight is 516 g/mol. The first-order valence-electron chi connectivity index (χ1n) is 10.7. The highest BCUT2D eigenvalue weighted by Gasteiger charge is 2.53. The Morgan fingerprint density at radius 2 is 1.89 bits per heavy atom. The fourth-order valence-corrected chi connectivity index (χ4v) is 6.42. The van der Waals surface area contributed by atoms with E-state index in [2.05, 4.69) is 37.6 Å². The molecule has 5 heterocycles. The molecule has 4 unspecified atom stereocenters. The van der Waals surface area contributed by atoms with Crippen LogP contribution in [0.5, 0.6) is 0 Å². The van der Waals surface area contributed by atoms with E-state index < -0.39 is 0 Å². The second kappa shape index (κ2) is 9.18. The van der Waals surface area contributed by atoms with Gasteiger partial charge in [-0.15, -0.1) is 35.3 Å². The Morgan fingerprint density at radius 3 is 2.50 bits per heavy atom. The summed E-state index contributed by atoms with van der Waals surface area (Å²) in [5, 5.41) is 5.88. The Kier molecular flexibility index (Phi) is 6.85. The maximum absolute atomic E-state index is 6.11. The SMILES string of the molecule is CN=C(NCC1CCN(Cc2cccs2)CC1)N1CC2C3CCC(O3)C2C1.I. The standard InChI is InChI=1S/C21H32N4OS.HI/c1-22-21(25-13-17-18(14-25)20-5-4-19(17)26-20)23-11-15-6-8-24(9-7-15)12-16-3-2-10-27-16;/h2-3,10,15,17-20H,4-9,11-14H2,1H3,(H,22,23);1H. The smallest absolute Gasteiger partial charge is 0.193 e. The van der Waals surface area contributed by atoms with Crippen LogP contribution in [0.15, 0.2) is 22.5 Å². The molecular weight excluding hydrogens is 483 g/mol. The predicted octanol–water partition coefficient (Wildman–Crippen LogP) is 3.26. The molecule has 4 saturated heterocycles. The van der Waals surface area contributed by atoms with Crippen molar-refractivity contribution in [2.75, 3.05) is 39.8 Å². The number of piperidine rings is 1. The van der Waals surface area contributed by atoms with Crippen LogP contribution in [-0.4, -0.2) is 67.7 Å². The van der Waals surface area contributed by atoms with Gasteiger partial charge in [0, 0.05) is 49.9 Å². The van der Waals surface area contributed by atoms with Crippen molar-refractivity contribution in [1.29, 1.82) is 0 Å². The lowest BCUT2D eigenvalue weighted by molar-refractivity contribution is 0.0766. The molecule has 4 fully saturated rings. The van der Waals surface area contributed by atoms with Gasteiger partial charge in [-0.25, -0.2) is 0 Å². The van der Waals surface area contributed by atoms with E-state index in [4.69, 9.17) is 4.74 Å². The van der Waals surface area contributed by atoms with Gasteiger partial charge in [0.25, 0.3) is 0 Å². The second-order valence-electron chi connectivity index (χ2n) is 8.75. The third kappa shape index (κ3) is 4.23. The molecule has 0 aromatic carbocycles. The summed E-state index contributed by atoms with van der Waals surface area (Å²) in [5.74, 6) is 3.36. The Hall–Kier alpha value is -0.380. The molecule has 28 heavy (non-hydrogen) atoms. The van der Waals surface area contributed by atoms with Crippen LogP contribution in [0.4, 0.5) is 0 Å². The number of rotatable bonds is 4. The van der Waals surface area contributed by atoms with Gasteiger partial charge in [-0.3, -0.25) is 9.89 Å². The van der Waals surface area contributed by atoms with Gasteiger partial charge in [0.05, 0.1) is 12.2 Å². The molecule has 1 aromatic rings. The predicted molar refractivity (Wildman–Crippen MR) is 126 cm³/mol. The van der Waals surface area contributed by atoms with Gasteiger partial charge in [0.2, 0.25) is 0 Å². The van der Waals surface area contributed by atoms with E-state index in [1.165, 1.54) is 43.6 Å². The molecule has 0 radical (unpaired) electrons. The van der Waals surface area contributed by atoms with Crippen LogP contribution in [0.3, 0.4) is 0 Å². The lowest BCUT2D eigenvalue weighted by atomic mass is 9.82. The van der Waals surface area contributed by atoms with Gasteiger partial charge in [0.1, 0.15) is 0 Å². The first-order valence-corrected chi connectivity index (χ1v) is 11.5. The van der Waals surface area contributed by atoms with Gasteiger partial charge in [-0.05, 0) is 56.1 Å². The quantitative estimate of drug-likeness (QED) is 0.379. The van der Waals surface area contributed by atoms with Gasteiger partial charge in [-0.2, -0.15) is 0 Å². The minimum absolute atomic E-state index is 0. The Morgan fingerprint density at radius 1 is 1.18 bits per heavy atom. The van der Waals surface area contributed by atoms with Crippen LogP contribution in [0.2, 0.25) is 0 Å². The Balaban J connectivity index is 0.00000192. The molecule has 2 bridgehead atoms. The molecule has 7 heteroatoms. The highest BCUT2D eigenvalue weighted by molar-refractivity contribution is 14.0. The number of hydrogen-bond donors (Lipinski definition) is 1. The number of hydrogen-bond acceptors (Lipinski definition) is 4. The number of thiophene rings is 1. The van der Waals surface area contributed by atoms with E-state index in [1.54, 1.807) is 0 Å². The van der Waals surface area contributed by atoms with Crippen molar-refractivity contribution in [3.8, 4) is 0 Å². The molecule has 0 saturated carbocycles. The zero-order valence-corrected chi connectivity index (χ0v) is 19.9. The first-order chi connectivity index (χ1) is 13.3. The molecule has 4 atom stereocenters. The summed E-state index contributed by atoms with van der Waals surface area (Å²) in [6, 6.07) is 4.41. The maximum atomic E-state index is 6.11. The second-order valence-corrected chi connectivity index (χ2v) is 9.78. The van der Waals surface area contributed by atoms with E-state index in [9.17, 15) is 0 Å². The number of halogens is 1. The molecule has 0 amide bonds. The lowest BCUT2D eigenvalue weighted by Gasteiger charge is -2.32. The number of guanidine groups is 1. The summed E-state index contributed by atoms with van der Waals surface area (Å²) < 4.78 is 6.11. The number of nitrogens with zero attached hydrogens (tertiary/aromatic N) is 3. The van der Waals surface area contributed by atoms with Crippen molar-refractivity contribution < 1.29 is 4.74 Å². The molecule has 1 N–H and O–H groups in total. The van der Waals surface area contributed by atoms with Gasteiger partial charge in [0.15, 0.2) is 5.96 Å². The summed E-state index contributed by atoms with van der Waals surface area (Å²) in [4.78, 5) is 11.2. The van der Waals surface area contributed by atoms with Crippen LogP contribution in [-0.2, 0) is 11.3 Å². The fraction of sp³-hybridized carbons (Fsp3) is 0.762. The van der Waals surface area contributed by atoms with Crippen LogP contribution >= 0.6 is 35.3 Å². The van der Waals surface area contributed by atoms with E-state index in [0.717, 1.165) is 49.9 Å². The van der Waals surface area contributed by atoms with Crippen LogP contribution < -0.4 is 5.32 Å². The highest BCUT2D eigenvalue weighted by Crippen LogP contribution is 2.47. The van der Waals surface area contributed by atoms with Crippen LogP contribution in [0.1, 0.15) is 30.6 Å². The molecule has 4 aliphatic rings. The van der Waals surface area contributed by atoms with Gasteiger partial charge < -0.3 is 15.0 Å². The summed E-state index contributed by atoms with van der Waals surface area (Å²) in [6.45, 7) is 6.89. The molecule has 1 aromatic heterocycles. The maximum Gasteiger partial charge on any atom is 0.193 e. The minimum atomic E-state index is 0. The summed E-state index contributed by atoms with van der Waals surface area (Å²) in [5.41, 5.74) is 0. The Bertz CT molecular complexity index is 643. The lowest BCUT2D eigenvalue weighted by Crippen LogP contribution is -2.44. The van der Waals surface area contributed by atoms with Crippen molar-refractivity contribution in [2.45, 2.75) is 44.4 Å². The third-order valence-electron chi connectivity index (χ3n) is 7.18. The highest BCUT2D eigenvalue weighted by atomic mass is 127. The number of aliphatic imine (C=N–C) groups is 1. The van der Waals surface area contributed by atoms with Crippen LogP contribution in [0.25, 0.3) is 0 Å². The normalized spacial score (nSPS) is 33.2. The summed E-state index contributed by atoms with van der Waals surface area (Å²) in [6.07, 6.45) is 6.18. The average Bonchev–Trinajstić information content (AvgIpc) is 3.46. The van der Waals surface area contributed by atoms with Crippen LogP contribution in [0, 0.1) is 17.8 Å². The van der Waals surface area contributed by atoms with Crippen molar-refractivity contribution >= 4 is 41.3 Å². The number of fused-ring (bicyclic) bond motifs is 5. The zero-order chi connectivity index (χ0) is 18.2. The zero-order valence-electron chi connectivity index (χ0n) is 16.8. The van der Waals surface area contributed by atoms with E-state index in [-0.39, 0.29) is 24.0 Å². The van der Waals surface area contributed by atoms with Crippen molar-refractivity contribution in [3.05, 3.63) is 22.4 Å². The largest absolute Gasteiger partial charge is 0.374 e. The molecule has 0 aliphatic carbocycles. The number of nitrogens with one attached hydrogen (secondary N) is 1. The fourth-order valence-electron chi connectivity index (χ4n) is 5.67. The van der Waals surface area contributed by atoms with E-state index in [0.29, 0.717) is 12.2 Å². The number of likely N-dealkylation sites (tertiary alicyclic amines) is 2. The Labute approximate surface area is 189 Å². The third-order valence-corrected chi connectivity index (χ3v) is 8.04. The molecule has 5 nitrogen and oxygen atoms in total. The van der Waals surface area contributed by atoms with E-state index >= 15 is 0 Å². The summed E-state index contributed by atoms with van der Waals surface area (Å²) in [7, 11) is 1.94. The monoisotopic (exact) mass is 516 g/mol. The first kappa shape index (κ1) is 20.9. The number of ether oxygens (including phenoxy) is 1. The van der Waals surface area contributed by atoms with Crippen molar-refractivity contribution in [1.82, 2.24) is 15.1 Å². The molecule has 156 valence electrons. The van der Waals surface area contributed by atoms with Gasteiger partial charge in [-0.1, -0.05) is 6.07 Å². The summed E-state index contributed by atoms with van der Waals surface area (Å²) >= 11 is 1.88. The van der Waals surface area contributed by atoms with Crippen molar-refractivity contribution in [3.63, 3.8) is 0 Å². The van der Waals surface area contributed by atoms with Gasteiger partial charge >= 0.3 is 0 Å². The van der Waals surface area contributed by atoms with Crippen molar-refractivity contribution in [2.24, 2.45) is 22.7 Å². The van der Waals surface area contributed by atoms with E-state index in [1.807, 2.05) is 18.4 Å². The molecule has 4 aliphatic heterocycles. The molecule has 0 spiro atoms. The molecule has 5 rings (SSSR count). The molecular formula is C21H33IN4OS. The minimum Gasteiger partial charge on any atom is -0.374 e. The topological polar surface area (TPSA) is 40.1 Å².